The van der Waals surface area contributed by atoms with Crippen LogP contribution < -0.4 is 10.6 Å². The molecule has 5 nitrogen and oxygen atoms in total. The number of ether oxygens (including phenoxy) is 1. The Kier molecular flexibility index (Phi) is 6.21. The van der Waals surface area contributed by atoms with Crippen molar-refractivity contribution in [1.29, 1.82) is 0 Å². The highest BCUT2D eigenvalue weighted by atomic mass is 19.4. The fourth-order valence-electron chi connectivity index (χ4n) is 2.24. The van der Waals surface area contributed by atoms with Crippen LogP contribution in [0.25, 0.3) is 0 Å². The molecule has 0 aliphatic heterocycles. The standard InChI is InChI=1S/C18H17F3N2O3/c1-2-26-17(25)23-16(15(24)12-8-4-3-5-9-12)22-14-11-7-6-10-13(14)18(19,20)21/h3-11,16,22H,2H2,1H3,(H,23,25)/t16-/m0/s1. The van der Waals surface area contributed by atoms with Crippen molar-refractivity contribution < 1.29 is 27.5 Å². The number of hydrogen-bond acceptors (Lipinski definition) is 4. The van der Waals surface area contributed by atoms with Gasteiger partial charge < -0.3 is 10.1 Å². The number of alkyl halides is 3. The molecule has 2 N–H and O–H groups in total. The molecule has 138 valence electrons. The minimum absolute atomic E-state index is 0.0528. The molecule has 0 spiro atoms. The number of ketones is 1. The lowest BCUT2D eigenvalue weighted by molar-refractivity contribution is -0.137. The summed E-state index contributed by atoms with van der Waals surface area (Å²) >= 11 is 0. The predicted octanol–water partition coefficient (Wildman–Crippen LogP) is 4.07. The Hall–Kier alpha value is -3.03. The zero-order valence-corrected chi connectivity index (χ0v) is 13.8. The molecule has 0 saturated carbocycles. The number of anilines is 1. The van der Waals surface area contributed by atoms with Gasteiger partial charge in [0.25, 0.3) is 0 Å². The summed E-state index contributed by atoms with van der Waals surface area (Å²) in [7, 11) is 0. The van der Waals surface area contributed by atoms with E-state index in [2.05, 4.69) is 10.6 Å². The van der Waals surface area contributed by atoms with Crippen molar-refractivity contribution in [1.82, 2.24) is 5.32 Å². The summed E-state index contributed by atoms with van der Waals surface area (Å²) in [5.74, 6) is -0.601. The van der Waals surface area contributed by atoms with Gasteiger partial charge in [0.1, 0.15) is 0 Å². The number of alkyl carbamates (subject to hydrolysis) is 1. The van der Waals surface area contributed by atoms with Gasteiger partial charge in [0.05, 0.1) is 12.2 Å². The Morgan fingerprint density at radius 2 is 1.65 bits per heavy atom. The first kappa shape index (κ1) is 19.3. The molecule has 0 radical (unpaired) electrons. The number of carbonyl (C=O) groups excluding carboxylic acids is 2. The molecule has 2 aromatic rings. The molecule has 8 heteroatoms. The molecule has 0 saturated heterocycles. The Morgan fingerprint density at radius 3 is 2.27 bits per heavy atom. The summed E-state index contributed by atoms with van der Waals surface area (Å²) in [6.45, 7) is 1.62. The third-order valence-corrected chi connectivity index (χ3v) is 3.39. The largest absolute Gasteiger partial charge is 0.450 e. The lowest BCUT2D eigenvalue weighted by atomic mass is 10.1. The SMILES string of the molecule is CCOC(=O)N[C@H](Nc1ccccc1C(F)(F)F)C(=O)c1ccccc1. The van der Waals surface area contributed by atoms with Crippen LogP contribution in [-0.2, 0) is 10.9 Å². The van der Waals surface area contributed by atoms with Crippen molar-refractivity contribution in [3.05, 3.63) is 65.7 Å². The van der Waals surface area contributed by atoms with Crippen LogP contribution >= 0.6 is 0 Å². The maximum atomic E-state index is 13.2. The fraction of sp³-hybridized carbons (Fsp3) is 0.222. The number of hydrogen-bond donors (Lipinski definition) is 2. The molecule has 0 heterocycles. The van der Waals surface area contributed by atoms with Crippen LogP contribution in [-0.4, -0.2) is 24.6 Å². The van der Waals surface area contributed by atoms with Crippen LogP contribution in [0.15, 0.2) is 54.6 Å². The van der Waals surface area contributed by atoms with Gasteiger partial charge in [0, 0.05) is 11.3 Å². The van der Waals surface area contributed by atoms with Gasteiger partial charge >= 0.3 is 12.3 Å². The highest BCUT2D eigenvalue weighted by Gasteiger charge is 2.34. The van der Waals surface area contributed by atoms with E-state index in [0.717, 1.165) is 6.07 Å². The van der Waals surface area contributed by atoms with Crippen molar-refractivity contribution in [3.63, 3.8) is 0 Å². The van der Waals surface area contributed by atoms with Gasteiger partial charge in [0.2, 0.25) is 5.78 Å². The van der Waals surface area contributed by atoms with Crippen molar-refractivity contribution in [2.24, 2.45) is 0 Å². The van der Waals surface area contributed by atoms with E-state index >= 15 is 0 Å². The van der Waals surface area contributed by atoms with Gasteiger partial charge in [-0.1, -0.05) is 42.5 Å². The van der Waals surface area contributed by atoms with E-state index in [1.54, 1.807) is 25.1 Å². The van der Waals surface area contributed by atoms with Crippen LogP contribution in [0.3, 0.4) is 0 Å². The third-order valence-electron chi connectivity index (χ3n) is 3.39. The monoisotopic (exact) mass is 366 g/mol. The summed E-state index contributed by atoms with van der Waals surface area (Å²) in [6, 6.07) is 12.6. The number of rotatable bonds is 6. The maximum absolute atomic E-state index is 13.2. The predicted molar refractivity (Wildman–Crippen MR) is 89.8 cm³/mol. The number of amides is 1. The summed E-state index contributed by atoms with van der Waals surface area (Å²) in [6.07, 6.45) is -6.97. The second kappa shape index (κ2) is 8.37. The first-order valence-corrected chi connectivity index (χ1v) is 7.78. The fourth-order valence-corrected chi connectivity index (χ4v) is 2.24. The van der Waals surface area contributed by atoms with Crippen LogP contribution in [0.1, 0.15) is 22.8 Å². The number of halogens is 3. The zero-order chi connectivity index (χ0) is 19.2. The van der Waals surface area contributed by atoms with Gasteiger partial charge in [-0.15, -0.1) is 0 Å². The van der Waals surface area contributed by atoms with E-state index in [0.29, 0.717) is 0 Å². The number of benzene rings is 2. The van der Waals surface area contributed by atoms with Crippen LogP contribution in [0.5, 0.6) is 0 Å². The van der Waals surface area contributed by atoms with E-state index in [1.165, 1.54) is 30.3 Å². The topological polar surface area (TPSA) is 67.4 Å². The quantitative estimate of drug-likeness (QED) is 0.597. The molecule has 0 aliphatic rings. The smallest absolute Gasteiger partial charge is 0.418 e. The van der Waals surface area contributed by atoms with Gasteiger partial charge in [-0.2, -0.15) is 13.2 Å². The van der Waals surface area contributed by atoms with Gasteiger partial charge in [-0.05, 0) is 19.1 Å². The first-order chi connectivity index (χ1) is 12.3. The van der Waals surface area contributed by atoms with Crippen molar-refractivity contribution in [2.45, 2.75) is 19.3 Å². The van der Waals surface area contributed by atoms with Crippen molar-refractivity contribution >= 4 is 17.6 Å². The normalized spacial score (nSPS) is 12.2. The second-order valence-electron chi connectivity index (χ2n) is 5.22. The molecule has 0 bridgehead atoms. The average Bonchev–Trinajstić information content (AvgIpc) is 2.61. The molecular formula is C18H17F3N2O3. The van der Waals surface area contributed by atoms with Crippen LogP contribution in [0.2, 0.25) is 0 Å². The Labute approximate surface area is 148 Å². The van der Waals surface area contributed by atoms with Crippen molar-refractivity contribution in [3.8, 4) is 0 Å². The molecule has 1 atom stereocenters. The van der Waals surface area contributed by atoms with Gasteiger partial charge in [-0.25, -0.2) is 4.79 Å². The van der Waals surface area contributed by atoms with Crippen LogP contribution in [0, 0.1) is 0 Å². The Bertz CT molecular complexity index is 764. The lowest BCUT2D eigenvalue weighted by Crippen LogP contribution is -2.46. The minimum atomic E-state index is -4.62. The summed E-state index contributed by atoms with van der Waals surface area (Å²) in [5.41, 5.74) is -1.05. The van der Waals surface area contributed by atoms with E-state index < -0.39 is 29.8 Å². The molecule has 0 aliphatic carbocycles. The third kappa shape index (κ3) is 4.98. The molecule has 0 fully saturated rings. The van der Waals surface area contributed by atoms with E-state index in [4.69, 9.17) is 4.74 Å². The van der Waals surface area contributed by atoms with E-state index in [9.17, 15) is 22.8 Å². The number of nitrogens with one attached hydrogen (secondary N) is 2. The molecule has 26 heavy (non-hydrogen) atoms. The molecule has 2 rings (SSSR count). The molecule has 0 aromatic heterocycles. The maximum Gasteiger partial charge on any atom is 0.418 e. The highest BCUT2D eigenvalue weighted by molar-refractivity contribution is 6.02. The molecular weight excluding hydrogens is 349 g/mol. The van der Waals surface area contributed by atoms with E-state index in [-0.39, 0.29) is 17.9 Å². The van der Waals surface area contributed by atoms with Gasteiger partial charge in [-0.3, -0.25) is 10.1 Å². The highest BCUT2D eigenvalue weighted by Crippen LogP contribution is 2.34. The summed E-state index contributed by atoms with van der Waals surface area (Å²) < 4.78 is 44.2. The summed E-state index contributed by atoms with van der Waals surface area (Å²) in [4.78, 5) is 24.3. The van der Waals surface area contributed by atoms with E-state index in [1.807, 2.05) is 0 Å². The Balaban J connectivity index is 2.33. The Morgan fingerprint density at radius 1 is 1.04 bits per heavy atom. The van der Waals surface area contributed by atoms with Crippen LogP contribution in [0.4, 0.5) is 23.7 Å². The number of Topliss-reactive ketones (excluding diaryl/α,β-unsaturated/α-hetero) is 1. The minimum Gasteiger partial charge on any atom is -0.450 e. The lowest BCUT2D eigenvalue weighted by Gasteiger charge is -2.22. The number of carbonyl (C=O) groups is 2. The van der Waals surface area contributed by atoms with Gasteiger partial charge in [0.15, 0.2) is 6.17 Å². The molecule has 1 amide bonds. The zero-order valence-electron chi connectivity index (χ0n) is 13.8. The molecule has 0 unspecified atom stereocenters. The number of para-hydroxylation sites is 1. The van der Waals surface area contributed by atoms with Crippen molar-refractivity contribution in [2.75, 3.05) is 11.9 Å². The summed E-state index contributed by atoms with van der Waals surface area (Å²) in [5, 5.41) is 4.71. The molecule has 2 aromatic carbocycles. The second-order valence-corrected chi connectivity index (χ2v) is 5.22. The average molecular weight is 366 g/mol. The first-order valence-electron chi connectivity index (χ1n) is 7.78.